The van der Waals surface area contributed by atoms with E-state index in [1.807, 2.05) is 56.3 Å². The number of anilines is 2. The maximum atomic E-state index is 12.2. The topological polar surface area (TPSA) is 86.8 Å². The quantitative estimate of drug-likeness (QED) is 0.465. The van der Waals surface area contributed by atoms with Gasteiger partial charge in [0.25, 0.3) is 5.91 Å². The van der Waals surface area contributed by atoms with E-state index in [2.05, 4.69) is 31.2 Å². The van der Waals surface area contributed by atoms with Gasteiger partial charge in [0.15, 0.2) is 0 Å². The van der Waals surface area contributed by atoms with Crippen LogP contribution in [0.1, 0.15) is 29.9 Å². The van der Waals surface area contributed by atoms with Gasteiger partial charge in [0.1, 0.15) is 5.69 Å². The highest BCUT2D eigenvalue weighted by Crippen LogP contribution is 2.26. The van der Waals surface area contributed by atoms with Crippen LogP contribution in [-0.4, -0.2) is 44.8 Å². The summed E-state index contributed by atoms with van der Waals surface area (Å²) in [5.41, 5.74) is 4.26. The Hall–Kier alpha value is -4.18. The number of nitrogens with one attached hydrogen (secondary N) is 2. The summed E-state index contributed by atoms with van der Waals surface area (Å²) in [6.07, 6.45) is 9.11. The smallest absolute Gasteiger partial charge is 0.269 e. The number of aromatic amines is 1. The van der Waals surface area contributed by atoms with E-state index in [4.69, 9.17) is 6.42 Å². The first-order valence-electron chi connectivity index (χ1n) is 10.2. The molecule has 0 atom stereocenters. The zero-order chi connectivity index (χ0) is 22.9. The van der Waals surface area contributed by atoms with Gasteiger partial charge >= 0.3 is 0 Å². The molecular weight excluding hydrogens is 400 g/mol. The fourth-order valence-corrected chi connectivity index (χ4v) is 3.30. The Balaban J connectivity index is 1.61. The normalized spacial score (nSPS) is 11.2. The second kappa shape index (κ2) is 8.16. The lowest BCUT2D eigenvalue weighted by atomic mass is 9.86. The van der Waals surface area contributed by atoms with Crippen molar-refractivity contribution in [3.8, 4) is 23.7 Å². The molecule has 0 saturated carbocycles. The highest BCUT2D eigenvalue weighted by atomic mass is 16.2. The van der Waals surface area contributed by atoms with E-state index >= 15 is 0 Å². The molecule has 7 heteroatoms. The van der Waals surface area contributed by atoms with Crippen LogP contribution in [0.25, 0.3) is 22.3 Å². The molecule has 32 heavy (non-hydrogen) atoms. The molecule has 0 saturated heterocycles. The van der Waals surface area contributed by atoms with Crippen molar-refractivity contribution >= 4 is 28.4 Å². The predicted molar refractivity (Wildman–Crippen MR) is 127 cm³/mol. The first kappa shape index (κ1) is 21.1. The van der Waals surface area contributed by atoms with Crippen LogP contribution < -0.4 is 5.32 Å². The van der Waals surface area contributed by atoms with Gasteiger partial charge in [0.05, 0.1) is 16.8 Å². The predicted octanol–water partition coefficient (Wildman–Crippen LogP) is 4.38. The number of benzene rings is 1. The Morgan fingerprint density at radius 3 is 2.59 bits per heavy atom. The zero-order valence-corrected chi connectivity index (χ0v) is 18.5. The van der Waals surface area contributed by atoms with Gasteiger partial charge in [0.2, 0.25) is 5.95 Å². The Bertz CT molecular complexity index is 1350. The molecule has 3 heterocycles. The average molecular weight is 425 g/mol. The summed E-state index contributed by atoms with van der Waals surface area (Å²) in [4.78, 5) is 30.3. The van der Waals surface area contributed by atoms with E-state index in [1.54, 1.807) is 26.5 Å². The molecule has 4 aromatic rings. The van der Waals surface area contributed by atoms with Crippen LogP contribution in [0.15, 0.2) is 54.9 Å². The molecule has 7 nitrogen and oxygen atoms in total. The molecule has 1 amide bonds. The molecule has 0 radical (unpaired) electrons. The summed E-state index contributed by atoms with van der Waals surface area (Å²) in [6, 6.07) is 13.3. The number of hydrogen-bond acceptors (Lipinski definition) is 5. The number of carbonyl (C=O) groups is 1. The maximum Gasteiger partial charge on any atom is 0.269 e. The third kappa shape index (κ3) is 4.16. The molecule has 0 bridgehead atoms. The first-order valence-corrected chi connectivity index (χ1v) is 10.2. The van der Waals surface area contributed by atoms with Crippen molar-refractivity contribution in [2.75, 3.05) is 19.4 Å². The van der Waals surface area contributed by atoms with Gasteiger partial charge in [-0.15, -0.1) is 6.42 Å². The van der Waals surface area contributed by atoms with E-state index in [1.165, 1.54) is 4.90 Å². The number of nitrogens with zero attached hydrogens (tertiary/aromatic N) is 4. The molecule has 1 aromatic carbocycles. The molecule has 2 N–H and O–H groups in total. The third-order valence-corrected chi connectivity index (χ3v) is 5.27. The number of hydrogen-bond donors (Lipinski definition) is 2. The zero-order valence-electron chi connectivity index (χ0n) is 18.5. The van der Waals surface area contributed by atoms with Crippen LogP contribution >= 0.6 is 0 Å². The summed E-state index contributed by atoms with van der Waals surface area (Å²) in [7, 11) is 3.45. The molecule has 0 aliphatic carbocycles. The largest absolute Gasteiger partial charge is 0.351 e. The van der Waals surface area contributed by atoms with Crippen molar-refractivity contribution in [1.29, 1.82) is 0 Å². The fraction of sp³-hybridized carbons (Fsp3) is 0.200. The van der Waals surface area contributed by atoms with Crippen LogP contribution in [-0.2, 0) is 5.41 Å². The molecule has 0 fully saturated rings. The minimum atomic E-state index is -0.398. The van der Waals surface area contributed by atoms with Crippen LogP contribution in [0.5, 0.6) is 0 Å². The summed E-state index contributed by atoms with van der Waals surface area (Å²) in [5.74, 6) is 3.19. The molecule has 0 aliphatic heterocycles. The number of fused-ring (bicyclic) bond motifs is 1. The van der Waals surface area contributed by atoms with Gasteiger partial charge in [0, 0.05) is 43.1 Å². The van der Waals surface area contributed by atoms with E-state index in [-0.39, 0.29) is 5.91 Å². The van der Waals surface area contributed by atoms with Gasteiger partial charge in [-0.05, 0) is 61.9 Å². The fourth-order valence-electron chi connectivity index (χ4n) is 3.30. The number of pyridine rings is 1. The Morgan fingerprint density at radius 2 is 1.84 bits per heavy atom. The van der Waals surface area contributed by atoms with Crippen LogP contribution in [0, 0.1) is 12.3 Å². The Kier molecular flexibility index (Phi) is 5.37. The van der Waals surface area contributed by atoms with E-state index in [9.17, 15) is 4.79 Å². The van der Waals surface area contributed by atoms with Gasteiger partial charge in [-0.25, -0.2) is 9.97 Å². The number of carbonyl (C=O) groups excluding carboxylic acids is 1. The number of amides is 1. The third-order valence-electron chi connectivity index (χ3n) is 5.27. The minimum absolute atomic E-state index is 0.0745. The lowest BCUT2D eigenvalue weighted by Crippen LogP contribution is -2.21. The molecule has 160 valence electrons. The molecule has 0 unspecified atom stereocenters. The van der Waals surface area contributed by atoms with E-state index in [0.717, 1.165) is 27.8 Å². The van der Waals surface area contributed by atoms with Gasteiger partial charge in [-0.2, -0.15) is 0 Å². The van der Waals surface area contributed by atoms with Crippen LogP contribution in [0.3, 0.4) is 0 Å². The lowest BCUT2D eigenvalue weighted by Gasteiger charge is -2.18. The second-order valence-corrected chi connectivity index (χ2v) is 8.27. The van der Waals surface area contributed by atoms with E-state index in [0.29, 0.717) is 17.3 Å². The molecule has 4 rings (SSSR count). The Labute approximate surface area is 186 Å². The van der Waals surface area contributed by atoms with Crippen molar-refractivity contribution in [3.05, 3.63) is 66.1 Å². The highest BCUT2D eigenvalue weighted by Gasteiger charge is 2.18. The van der Waals surface area contributed by atoms with E-state index < -0.39 is 5.41 Å². The summed E-state index contributed by atoms with van der Waals surface area (Å²) >= 11 is 0. The molecule has 0 spiro atoms. The number of terminal acetylenes is 1. The highest BCUT2D eigenvalue weighted by molar-refractivity contribution is 5.98. The van der Waals surface area contributed by atoms with Crippen LogP contribution in [0.4, 0.5) is 11.6 Å². The monoisotopic (exact) mass is 424 g/mol. The lowest BCUT2D eigenvalue weighted by molar-refractivity contribution is 0.0823. The number of aromatic nitrogens is 4. The van der Waals surface area contributed by atoms with Crippen molar-refractivity contribution in [2.24, 2.45) is 0 Å². The maximum absolute atomic E-state index is 12.2. The molecule has 3 aromatic heterocycles. The molecule has 0 aliphatic rings. The van der Waals surface area contributed by atoms with Crippen molar-refractivity contribution in [1.82, 2.24) is 24.8 Å². The SMILES string of the molecule is C#CC(C)(C)c1ccnc(-c2ccnc(Nc3ccc4[nH]c(C(=O)N(C)C)cc4c3)n2)c1. The minimum Gasteiger partial charge on any atom is -0.351 e. The van der Waals surface area contributed by atoms with Gasteiger partial charge in [-0.3, -0.25) is 9.78 Å². The summed E-state index contributed by atoms with van der Waals surface area (Å²) < 4.78 is 0. The molecular formula is C25H24N6O. The van der Waals surface area contributed by atoms with Crippen molar-refractivity contribution < 1.29 is 4.79 Å². The number of rotatable bonds is 5. The van der Waals surface area contributed by atoms with Gasteiger partial charge < -0.3 is 15.2 Å². The van der Waals surface area contributed by atoms with Crippen LogP contribution in [0.2, 0.25) is 0 Å². The number of H-pyrrole nitrogens is 1. The Morgan fingerprint density at radius 1 is 1.06 bits per heavy atom. The van der Waals surface area contributed by atoms with Crippen molar-refractivity contribution in [3.63, 3.8) is 0 Å². The summed E-state index contributed by atoms with van der Waals surface area (Å²) in [6.45, 7) is 3.99. The summed E-state index contributed by atoms with van der Waals surface area (Å²) in [5, 5.41) is 4.15. The second-order valence-electron chi connectivity index (χ2n) is 8.27. The van der Waals surface area contributed by atoms with Crippen molar-refractivity contribution in [2.45, 2.75) is 19.3 Å². The standard InChI is InChI=1S/C25H24N6O/c1-6-25(2,3)17-9-11-26-21(15-17)20-10-12-27-24(30-20)28-18-7-8-19-16(13-18)14-22(29-19)23(32)31(4)5/h1,7-15,29H,2-5H3,(H,27,28,30). The first-order chi connectivity index (χ1) is 15.3. The van der Waals surface area contributed by atoms with Gasteiger partial charge in [-0.1, -0.05) is 5.92 Å². The average Bonchev–Trinajstić information content (AvgIpc) is 3.22.